The van der Waals surface area contributed by atoms with Crippen LogP contribution in [0.2, 0.25) is 0 Å². The first-order valence-corrected chi connectivity index (χ1v) is 22.2. The lowest BCUT2D eigenvalue weighted by Crippen LogP contribution is -2.14. The number of hydrogen-bond acceptors (Lipinski definition) is 1. The number of rotatable bonds is 8. The molecule has 0 aliphatic heterocycles. The summed E-state index contributed by atoms with van der Waals surface area (Å²) in [5, 5.41) is 0. The average Bonchev–Trinajstić information content (AvgIpc) is 3.17. The quantitative estimate of drug-likeness (QED) is 0.145. The van der Waals surface area contributed by atoms with Crippen LogP contribution in [0.3, 0.4) is 0 Å². The Morgan fingerprint density at radius 3 is 0.915 bits per heavy atom. The minimum Gasteiger partial charge on any atom is -0.0894 e. The van der Waals surface area contributed by atoms with Gasteiger partial charge in [0.05, 0.1) is 0 Å². The third kappa shape index (κ3) is 8.37. The zero-order valence-electron chi connectivity index (χ0n) is 36.8. The Balaban J connectivity index is 1.55. The largest absolute Gasteiger partial charge is 0.0894 e. The highest BCUT2D eigenvalue weighted by Gasteiger charge is 2.25. The first kappa shape index (κ1) is 42.0. The van der Waals surface area contributed by atoms with Gasteiger partial charge in [0.15, 0.2) is 0 Å². The summed E-state index contributed by atoms with van der Waals surface area (Å²) >= 11 is 6.32. The van der Waals surface area contributed by atoms with E-state index in [4.69, 9.17) is 12.6 Å². The molecule has 0 aliphatic rings. The molecule has 0 bridgehead atoms. The van der Waals surface area contributed by atoms with E-state index in [0.717, 1.165) is 12.8 Å². The maximum Gasteiger partial charge on any atom is 0.0430 e. The minimum atomic E-state index is -0.0792. The van der Waals surface area contributed by atoms with Gasteiger partial charge in [-0.15, -0.1) is 0 Å². The van der Waals surface area contributed by atoms with E-state index in [2.05, 4.69) is 202 Å². The molecule has 7 aromatic carbocycles. The van der Waals surface area contributed by atoms with Gasteiger partial charge in [-0.3, -0.25) is 0 Å². The van der Waals surface area contributed by atoms with Gasteiger partial charge in [-0.25, -0.2) is 0 Å². The Morgan fingerprint density at radius 2 is 0.678 bits per heavy atom. The smallest absolute Gasteiger partial charge is 0.0430 e. The van der Waals surface area contributed by atoms with Gasteiger partial charge in [0.2, 0.25) is 0 Å². The van der Waals surface area contributed by atoms with E-state index in [1.807, 2.05) is 0 Å². The first-order valence-electron chi connectivity index (χ1n) is 20.9. The molecule has 298 valence electrons. The molecule has 2 heteroatoms. The van der Waals surface area contributed by atoms with Crippen LogP contribution in [0.15, 0.2) is 126 Å². The third-order valence-electron chi connectivity index (χ3n) is 12.3. The van der Waals surface area contributed by atoms with Gasteiger partial charge in [0, 0.05) is 17.7 Å². The van der Waals surface area contributed by atoms with Crippen LogP contribution in [-0.2, 0) is 18.3 Å². The molecule has 0 atom stereocenters. The Hall–Kier alpha value is -5.11. The summed E-state index contributed by atoms with van der Waals surface area (Å²) in [5.74, 6) is 0. The van der Waals surface area contributed by atoms with Crippen LogP contribution < -0.4 is 0 Å². The topological polar surface area (TPSA) is 0 Å². The van der Waals surface area contributed by atoms with E-state index < -0.39 is 0 Å². The van der Waals surface area contributed by atoms with Crippen molar-refractivity contribution in [2.45, 2.75) is 99.3 Å². The highest BCUT2D eigenvalue weighted by molar-refractivity contribution is 8.00. The molecule has 0 spiro atoms. The first-order chi connectivity index (χ1) is 28.2. The van der Waals surface area contributed by atoms with E-state index in [9.17, 15) is 0 Å². The Kier molecular flexibility index (Phi) is 12.3. The predicted molar refractivity (Wildman–Crippen MR) is 262 cm³/mol. The van der Waals surface area contributed by atoms with Gasteiger partial charge < -0.3 is 0 Å². The summed E-state index contributed by atoms with van der Waals surface area (Å²) in [5.41, 5.74) is 27.4. The van der Waals surface area contributed by atoms with E-state index in [0.29, 0.717) is 0 Å². The van der Waals surface area contributed by atoms with Crippen molar-refractivity contribution in [3.8, 4) is 49.0 Å². The molecule has 0 heterocycles. The molecule has 7 rings (SSSR count). The molecule has 0 unspecified atom stereocenters. The number of hydrogen-bond donors (Lipinski definition) is 1. The minimum absolute atomic E-state index is 0.0792. The molecule has 0 nitrogen and oxygen atoms in total. The monoisotopic (exact) mass is 806 g/mol. The molecule has 0 saturated heterocycles. The van der Waals surface area contributed by atoms with E-state index in [-0.39, 0.29) is 5.41 Å². The number of thiol groups is 1. The van der Waals surface area contributed by atoms with E-state index in [1.165, 1.54) is 122 Å². The maximum atomic E-state index is 4.69. The number of aryl methyl sites for hydroxylation is 8. The van der Waals surface area contributed by atoms with Gasteiger partial charge in [0.1, 0.15) is 0 Å². The second-order valence-electron chi connectivity index (χ2n) is 17.7. The SMILES string of the molecule is Cc1cccc(C)c1-c1cccc(-c2c(C)cccc2C)c1Cc1cc(C(C)(C)C)cc(Cc2c(-c3c(C)cccc3C)cccc2-c2c(C)cccc2C)c1S#CS. The molecular weight excluding hydrogens is 749 g/mol. The van der Waals surface area contributed by atoms with Gasteiger partial charge >= 0.3 is 0 Å². The zero-order valence-corrected chi connectivity index (χ0v) is 38.5. The Bertz CT molecular complexity index is 2400. The predicted octanol–water partition coefficient (Wildman–Crippen LogP) is 16.2. The lowest BCUT2D eigenvalue weighted by molar-refractivity contribution is 0.587. The molecule has 0 aromatic heterocycles. The summed E-state index contributed by atoms with van der Waals surface area (Å²) in [7, 11) is 0. The van der Waals surface area contributed by atoms with Crippen molar-refractivity contribution in [1.29, 1.82) is 0 Å². The van der Waals surface area contributed by atoms with Crippen LogP contribution in [0.5, 0.6) is 0 Å². The molecule has 0 fully saturated rings. The third-order valence-corrected chi connectivity index (χ3v) is 13.4. The van der Waals surface area contributed by atoms with Crippen molar-refractivity contribution < 1.29 is 0 Å². The highest BCUT2D eigenvalue weighted by atomic mass is 32.2. The van der Waals surface area contributed by atoms with Crippen LogP contribution in [-0.4, -0.2) is 0 Å². The fourth-order valence-corrected chi connectivity index (χ4v) is 10.3. The molecule has 0 amide bonds. The van der Waals surface area contributed by atoms with E-state index in [1.54, 1.807) is 11.2 Å². The zero-order chi connectivity index (χ0) is 42.2. The Labute approximate surface area is 363 Å². The lowest BCUT2D eigenvalue weighted by atomic mass is 9.79. The van der Waals surface area contributed by atoms with Crippen LogP contribution in [0.25, 0.3) is 44.5 Å². The fraction of sp³-hybridized carbons (Fsp3) is 0.246. The summed E-state index contributed by atoms with van der Waals surface area (Å²) in [6.45, 7) is 25.1. The van der Waals surface area contributed by atoms with Gasteiger partial charge in [0.25, 0.3) is 0 Å². The molecule has 0 saturated carbocycles. The van der Waals surface area contributed by atoms with Crippen molar-refractivity contribution in [3.63, 3.8) is 0 Å². The van der Waals surface area contributed by atoms with Crippen molar-refractivity contribution in [3.05, 3.63) is 194 Å². The van der Waals surface area contributed by atoms with Crippen LogP contribution >= 0.6 is 23.8 Å². The summed E-state index contributed by atoms with van der Waals surface area (Å²) in [6.07, 6.45) is 1.54. The second kappa shape index (κ2) is 17.2. The van der Waals surface area contributed by atoms with Crippen molar-refractivity contribution in [1.82, 2.24) is 0 Å². The van der Waals surface area contributed by atoms with Gasteiger partial charge in [-0.05, 0) is 182 Å². The summed E-state index contributed by atoms with van der Waals surface area (Å²) < 4.78 is 3.26. The van der Waals surface area contributed by atoms with Crippen molar-refractivity contribution >= 4 is 23.8 Å². The van der Waals surface area contributed by atoms with Crippen LogP contribution in [0.4, 0.5) is 0 Å². The molecular formula is C57H58S2. The second-order valence-corrected chi connectivity index (χ2v) is 19.0. The molecule has 59 heavy (non-hydrogen) atoms. The maximum absolute atomic E-state index is 4.69. The standard InChI is InChI=1S/C57H58S2/c1-35-18-12-19-36(2)52(35)46-26-16-27-47(53-37(3)20-13-21-38(53)4)50(46)32-43-30-45(57(9,10)11)31-44(56(43)59-34-58)33-51-48(54-39(5)22-14-23-40(54)6)28-17-29-49(51)55-41(7)24-15-25-42(55)8/h12-31,58H,32-33H2,1-11H3. The van der Waals surface area contributed by atoms with Gasteiger partial charge in [-0.2, -0.15) is 0 Å². The highest BCUT2D eigenvalue weighted by Crippen LogP contribution is 2.44. The lowest BCUT2D eigenvalue weighted by Gasteiger charge is -2.26. The fourth-order valence-electron chi connectivity index (χ4n) is 9.46. The molecule has 0 N–H and O–H groups in total. The van der Waals surface area contributed by atoms with Crippen LogP contribution in [0.1, 0.15) is 93.1 Å². The van der Waals surface area contributed by atoms with E-state index >= 15 is 0 Å². The molecule has 0 aliphatic carbocycles. The van der Waals surface area contributed by atoms with Crippen molar-refractivity contribution in [2.24, 2.45) is 0 Å². The van der Waals surface area contributed by atoms with Crippen LogP contribution in [0, 0.1) is 59.9 Å². The molecule has 7 aromatic rings. The van der Waals surface area contributed by atoms with Gasteiger partial charge in [-0.1, -0.05) is 166 Å². The summed E-state index contributed by atoms with van der Waals surface area (Å²) in [4.78, 5) is 1.24. The molecule has 0 radical (unpaired) electrons. The normalized spacial score (nSPS) is 11.5. The Morgan fingerprint density at radius 1 is 0.424 bits per heavy atom. The van der Waals surface area contributed by atoms with Crippen molar-refractivity contribution in [2.75, 3.05) is 0 Å². The summed E-state index contributed by atoms with van der Waals surface area (Å²) in [6, 6.07) is 45.6. The average molecular weight is 807 g/mol. The number of benzene rings is 7.